The molecule has 1 aliphatic rings. The van der Waals surface area contributed by atoms with Crippen LogP contribution in [0.4, 0.5) is 0 Å². The first-order chi connectivity index (χ1) is 12.0. The summed E-state index contributed by atoms with van der Waals surface area (Å²) in [5, 5.41) is 3.56. The van der Waals surface area contributed by atoms with Crippen LogP contribution in [0.25, 0.3) is 0 Å². The molecule has 2 aromatic carbocycles. The minimum absolute atomic E-state index is 0.0460. The molecule has 2 aromatic rings. The lowest BCUT2D eigenvalue weighted by Crippen LogP contribution is -2.34. The predicted octanol–water partition coefficient (Wildman–Crippen LogP) is 4.34. The van der Waals surface area contributed by atoms with Gasteiger partial charge in [-0.25, -0.2) is 4.79 Å². The molecule has 0 bridgehead atoms. The molecule has 0 saturated carbocycles. The molecule has 6 heteroatoms. The lowest BCUT2D eigenvalue weighted by atomic mass is 9.88. The van der Waals surface area contributed by atoms with Crippen LogP contribution in [0.2, 0.25) is 10.0 Å². The number of halogens is 2. The van der Waals surface area contributed by atoms with Crippen molar-refractivity contribution in [2.24, 2.45) is 0 Å². The van der Waals surface area contributed by atoms with Gasteiger partial charge >= 0.3 is 5.97 Å². The average Bonchev–Trinajstić information content (AvgIpc) is 2.60. The van der Waals surface area contributed by atoms with E-state index in [4.69, 9.17) is 27.9 Å². The standard InChI is InChI=1S/C19H17Cl2NO3/c20-13-8-9-15(16(21)10-13)19(24)25-11-18(23)22-17-7-3-5-12-4-1-2-6-14(12)17/h1-2,4,6,8-10,17H,3,5,7,11H2,(H,22,23)/t17-/m1/s1. The molecule has 0 heterocycles. The first-order valence-electron chi connectivity index (χ1n) is 8.04. The van der Waals surface area contributed by atoms with Crippen LogP contribution in [0.15, 0.2) is 42.5 Å². The maximum atomic E-state index is 12.2. The molecule has 130 valence electrons. The molecule has 0 spiro atoms. The number of aryl methyl sites for hydroxylation is 1. The van der Waals surface area contributed by atoms with E-state index in [-0.39, 0.29) is 29.1 Å². The lowest BCUT2D eigenvalue weighted by molar-refractivity contribution is -0.125. The van der Waals surface area contributed by atoms with Crippen molar-refractivity contribution in [3.8, 4) is 0 Å². The van der Waals surface area contributed by atoms with Gasteiger partial charge in [0, 0.05) is 5.02 Å². The number of rotatable bonds is 4. The summed E-state index contributed by atoms with van der Waals surface area (Å²) in [5.74, 6) is -0.985. The van der Waals surface area contributed by atoms with Gasteiger partial charge in [-0.2, -0.15) is 0 Å². The van der Waals surface area contributed by atoms with Crippen molar-refractivity contribution in [3.05, 3.63) is 69.2 Å². The Morgan fingerprint density at radius 3 is 2.76 bits per heavy atom. The molecule has 0 fully saturated rings. The second kappa shape index (κ2) is 7.89. The second-order valence-electron chi connectivity index (χ2n) is 5.91. The molecule has 1 atom stereocenters. The summed E-state index contributed by atoms with van der Waals surface area (Å²) in [6.07, 6.45) is 2.91. The highest BCUT2D eigenvalue weighted by atomic mass is 35.5. The molecule has 4 nitrogen and oxygen atoms in total. The molecule has 0 aliphatic heterocycles. The van der Waals surface area contributed by atoms with Gasteiger partial charge in [0.25, 0.3) is 5.91 Å². The maximum Gasteiger partial charge on any atom is 0.340 e. The summed E-state index contributed by atoms with van der Waals surface area (Å²) >= 11 is 11.8. The summed E-state index contributed by atoms with van der Waals surface area (Å²) < 4.78 is 5.06. The number of carbonyl (C=O) groups is 2. The largest absolute Gasteiger partial charge is 0.452 e. The molecule has 0 radical (unpaired) electrons. The van der Waals surface area contributed by atoms with Gasteiger partial charge in [-0.05, 0) is 48.6 Å². The lowest BCUT2D eigenvalue weighted by Gasteiger charge is -2.26. The third-order valence-corrected chi connectivity index (χ3v) is 4.74. The molecular formula is C19H17Cl2NO3. The van der Waals surface area contributed by atoms with Crippen molar-refractivity contribution in [2.75, 3.05) is 6.61 Å². The third kappa shape index (κ3) is 4.33. The molecule has 0 saturated heterocycles. The monoisotopic (exact) mass is 377 g/mol. The van der Waals surface area contributed by atoms with Crippen molar-refractivity contribution < 1.29 is 14.3 Å². The fraction of sp³-hybridized carbons (Fsp3) is 0.263. The summed E-state index contributed by atoms with van der Waals surface area (Å²) in [5.41, 5.74) is 2.57. The van der Waals surface area contributed by atoms with Gasteiger partial charge in [-0.1, -0.05) is 47.5 Å². The van der Waals surface area contributed by atoms with Crippen LogP contribution in [0, 0.1) is 0 Å². The Morgan fingerprint density at radius 2 is 1.96 bits per heavy atom. The Labute approximate surface area is 156 Å². The quantitative estimate of drug-likeness (QED) is 0.806. The minimum Gasteiger partial charge on any atom is -0.452 e. The Morgan fingerprint density at radius 1 is 1.16 bits per heavy atom. The number of esters is 1. The van der Waals surface area contributed by atoms with Gasteiger partial charge in [-0.15, -0.1) is 0 Å². The normalized spacial score (nSPS) is 16.0. The third-order valence-electron chi connectivity index (χ3n) is 4.19. The van der Waals surface area contributed by atoms with Crippen LogP contribution in [0.3, 0.4) is 0 Å². The number of fused-ring (bicyclic) bond motifs is 1. The second-order valence-corrected chi connectivity index (χ2v) is 6.76. The van der Waals surface area contributed by atoms with Crippen LogP contribution in [-0.4, -0.2) is 18.5 Å². The van der Waals surface area contributed by atoms with E-state index in [0.717, 1.165) is 24.8 Å². The summed E-state index contributed by atoms with van der Waals surface area (Å²) in [4.78, 5) is 24.2. The summed E-state index contributed by atoms with van der Waals surface area (Å²) in [6, 6.07) is 12.5. The van der Waals surface area contributed by atoms with Crippen LogP contribution < -0.4 is 5.32 Å². The Balaban J connectivity index is 1.58. The van der Waals surface area contributed by atoms with Crippen molar-refractivity contribution in [3.63, 3.8) is 0 Å². The number of hydrogen-bond acceptors (Lipinski definition) is 3. The van der Waals surface area contributed by atoms with Crippen LogP contribution in [-0.2, 0) is 16.0 Å². The van der Waals surface area contributed by atoms with Gasteiger partial charge in [0.2, 0.25) is 0 Å². The highest BCUT2D eigenvalue weighted by Gasteiger charge is 2.22. The summed E-state index contributed by atoms with van der Waals surface area (Å²) in [6.45, 7) is -0.351. The topological polar surface area (TPSA) is 55.4 Å². The Hall–Kier alpha value is -2.04. The predicted molar refractivity (Wildman–Crippen MR) is 97.0 cm³/mol. The molecule has 3 rings (SSSR count). The zero-order valence-electron chi connectivity index (χ0n) is 13.4. The average molecular weight is 378 g/mol. The molecule has 1 N–H and O–H groups in total. The maximum absolute atomic E-state index is 12.2. The van der Waals surface area contributed by atoms with E-state index in [2.05, 4.69) is 11.4 Å². The Bertz CT molecular complexity index is 807. The molecule has 1 amide bonds. The summed E-state index contributed by atoms with van der Waals surface area (Å²) in [7, 11) is 0. The first-order valence-corrected chi connectivity index (χ1v) is 8.79. The number of amides is 1. The van der Waals surface area contributed by atoms with E-state index in [1.165, 1.54) is 17.7 Å². The van der Waals surface area contributed by atoms with Crippen LogP contribution in [0.5, 0.6) is 0 Å². The van der Waals surface area contributed by atoms with E-state index in [1.807, 2.05) is 18.2 Å². The molecule has 0 unspecified atom stereocenters. The van der Waals surface area contributed by atoms with Gasteiger partial charge in [0.05, 0.1) is 16.6 Å². The van der Waals surface area contributed by atoms with Crippen LogP contribution >= 0.6 is 23.2 Å². The van der Waals surface area contributed by atoms with E-state index in [1.54, 1.807) is 6.07 Å². The van der Waals surface area contributed by atoms with Crippen LogP contribution in [0.1, 0.15) is 40.4 Å². The van der Waals surface area contributed by atoms with Gasteiger partial charge < -0.3 is 10.1 Å². The zero-order chi connectivity index (χ0) is 17.8. The number of carbonyl (C=O) groups excluding carboxylic acids is 2. The highest BCUT2D eigenvalue weighted by Crippen LogP contribution is 2.29. The van der Waals surface area contributed by atoms with Gasteiger partial charge in [0.1, 0.15) is 0 Å². The molecular weight excluding hydrogens is 361 g/mol. The molecule has 1 aliphatic carbocycles. The molecule has 25 heavy (non-hydrogen) atoms. The smallest absolute Gasteiger partial charge is 0.340 e. The van der Waals surface area contributed by atoms with E-state index < -0.39 is 5.97 Å². The number of nitrogens with one attached hydrogen (secondary N) is 1. The van der Waals surface area contributed by atoms with Gasteiger partial charge in [0.15, 0.2) is 6.61 Å². The van der Waals surface area contributed by atoms with E-state index in [9.17, 15) is 9.59 Å². The fourth-order valence-electron chi connectivity index (χ4n) is 3.00. The zero-order valence-corrected chi connectivity index (χ0v) is 14.9. The molecule has 0 aromatic heterocycles. The number of benzene rings is 2. The van der Waals surface area contributed by atoms with E-state index >= 15 is 0 Å². The fourth-order valence-corrected chi connectivity index (χ4v) is 3.49. The Kier molecular flexibility index (Phi) is 5.61. The number of hydrogen-bond donors (Lipinski definition) is 1. The highest BCUT2D eigenvalue weighted by molar-refractivity contribution is 6.36. The minimum atomic E-state index is -0.652. The van der Waals surface area contributed by atoms with Crippen molar-refractivity contribution >= 4 is 35.1 Å². The first kappa shape index (κ1) is 17.8. The van der Waals surface area contributed by atoms with Gasteiger partial charge in [-0.3, -0.25) is 4.79 Å². The van der Waals surface area contributed by atoms with Crippen molar-refractivity contribution in [1.82, 2.24) is 5.32 Å². The van der Waals surface area contributed by atoms with E-state index in [0.29, 0.717) is 5.02 Å². The number of ether oxygens (including phenoxy) is 1. The van der Waals surface area contributed by atoms with Crippen molar-refractivity contribution in [1.29, 1.82) is 0 Å². The van der Waals surface area contributed by atoms with Crippen molar-refractivity contribution in [2.45, 2.75) is 25.3 Å². The SMILES string of the molecule is O=C(COC(=O)c1ccc(Cl)cc1Cl)N[C@@H]1CCCc2ccccc21.